The molecule has 1 amide bonds. The van der Waals surface area contributed by atoms with Gasteiger partial charge in [-0.2, -0.15) is 0 Å². The fourth-order valence-corrected chi connectivity index (χ4v) is 3.16. The summed E-state index contributed by atoms with van der Waals surface area (Å²) in [6, 6.07) is -0.773. The van der Waals surface area contributed by atoms with E-state index in [1.54, 1.807) is 6.92 Å². The molecule has 0 unspecified atom stereocenters. The van der Waals surface area contributed by atoms with Crippen LogP contribution in [0.1, 0.15) is 20.8 Å². The molecule has 2 aliphatic heterocycles. The smallest absolute Gasteiger partial charge is 0.217 e. The molecule has 2 aliphatic rings. The summed E-state index contributed by atoms with van der Waals surface area (Å²) in [4.78, 5) is 11.5. The van der Waals surface area contributed by atoms with E-state index < -0.39 is 67.8 Å². The lowest BCUT2D eigenvalue weighted by Crippen LogP contribution is -2.66. The zero-order valence-corrected chi connectivity index (χ0v) is 14.3. The molecule has 0 saturated carbocycles. The molecule has 0 bridgehead atoms. The maximum absolute atomic E-state index is 11.5. The summed E-state index contributed by atoms with van der Waals surface area (Å²) in [5, 5.41) is 52.1. The predicted molar refractivity (Wildman–Crippen MR) is 82.3 cm³/mol. The summed E-state index contributed by atoms with van der Waals surface area (Å²) in [6.45, 7) is 3.97. The van der Waals surface area contributed by atoms with Crippen molar-refractivity contribution in [2.45, 2.75) is 81.9 Å². The van der Waals surface area contributed by atoms with E-state index in [1.165, 1.54) is 13.8 Å². The molecule has 2 heterocycles. The molecule has 10 nitrogen and oxygen atoms in total. The number of carbonyl (C=O) groups is 1. The number of nitrogens with one attached hydrogen (secondary N) is 1. The first-order valence-corrected chi connectivity index (χ1v) is 8.24. The molecular weight excluding hydrogens is 338 g/mol. The minimum absolute atomic E-state index is 0.377. The first-order valence-electron chi connectivity index (χ1n) is 8.24. The third kappa shape index (κ3) is 4.29. The Balaban J connectivity index is 2.20. The van der Waals surface area contributed by atoms with Crippen LogP contribution in [-0.4, -0.2) is 99.2 Å². The molecule has 0 aromatic heterocycles. The van der Waals surface area contributed by atoms with Gasteiger partial charge in [-0.15, -0.1) is 0 Å². The van der Waals surface area contributed by atoms with Crippen molar-refractivity contribution < 1.29 is 44.5 Å². The molecule has 0 spiro atoms. The average molecular weight is 365 g/mol. The van der Waals surface area contributed by atoms with Gasteiger partial charge in [0.05, 0.1) is 24.9 Å². The van der Waals surface area contributed by atoms with Crippen LogP contribution in [0.25, 0.3) is 0 Å². The van der Waals surface area contributed by atoms with E-state index in [4.69, 9.17) is 14.2 Å². The second-order valence-electron chi connectivity index (χ2n) is 6.56. The molecule has 0 aromatic carbocycles. The van der Waals surface area contributed by atoms with E-state index in [9.17, 15) is 30.3 Å². The minimum Gasteiger partial charge on any atom is -0.394 e. The molecule has 2 rings (SSSR count). The second-order valence-corrected chi connectivity index (χ2v) is 6.56. The van der Waals surface area contributed by atoms with Crippen molar-refractivity contribution in [3.8, 4) is 0 Å². The molecular formula is C15H27NO9. The lowest BCUT2D eigenvalue weighted by Gasteiger charge is -2.47. The SMILES string of the molecule is CC(=O)N[C@@H]1[C@@H](O[C@@H]2O[C@@H](C)[C@@H](O)[C@@H](O)[C@@H]2O)[C@H](O)[C@@H](CO)O[C@H]1C. The van der Waals surface area contributed by atoms with Crippen LogP contribution in [0.15, 0.2) is 0 Å². The van der Waals surface area contributed by atoms with Crippen molar-refractivity contribution in [1.29, 1.82) is 0 Å². The van der Waals surface area contributed by atoms with Gasteiger partial charge in [-0.1, -0.05) is 0 Å². The van der Waals surface area contributed by atoms with Gasteiger partial charge >= 0.3 is 0 Å². The van der Waals surface area contributed by atoms with Crippen molar-refractivity contribution in [3.05, 3.63) is 0 Å². The maximum atomic E-state index is 11.5. The quantitative estimate of drug-likeness (QED) is 0.302. The van der Waals surface area contributed by atoms with Gasteiger partial charge in [-0.3, -0.25) is 4.79 Å². The molecule has 0 radical (unpaired) electrons. The van der Waals surface area contributed by atoms with Gasteiger partial charge in [0.2, 0.25) is 5.91 Å². The number of hydrogen-bond acceptors (Lipinski definition) is 9. The lowest BCUT2D eigenvalue weighted by atomic mass is 9.92. The molecule has 0 aromatic rings. The highest BCUT2D eigenvalue weighted by molar-refractivity contribution is 5.73. The van der Waals surface area contributed by atoms with Gasteiger partial charge in [0, 0.05) is 6.92 Å². The summed E-state index contributed by atoms with van der Waals surface area (Å²) < 4.78 is 16.5. The van der Waals surface area contributed by atoms with Crippen molar-refractivity contribution in [3.63, 3.8) is 0 Å². The van der Waals surface area contributed by atoms with Crippen LogP contribution < -0.4 is 5.32 Å². The number of ether oxygens (including phenoxy) is 3. The summed E-state index contributed by atoms with van der Waals surface area (Å²) in [5.74, 6) is -0.377. The van der Waals surface area contributed by atoms with Crippen LogP contribution in [0.2, 0.25) is 0 Å². The Hall–Kier alpha value is -0.850. The van der Waals surface area contributed by atoms with Crippen LogP contribution in [0.3, 0.4) is 0 Å². The summed E-state index contributed by atoms with van der Waals surface area (Å²) in [6.07, 6.45) is -10.4. The third-order valence-corrected chi connectivity index (χ3v) is 4.62. The topological polar surface area (TPSA) is 158 Å². The number of aliphatic hydroxyl groups is 5. The van der Waals surface area contributed by atoms with Gasteiger partial charge in [0.25, 0.3) is 0 Å². The first-order chi connectivity index (χ1) is 11.7. The van der Waals surface area contributed by atoms with Crippen LogP contribution >= 0.6 is 0 Å². The molecule has 0 aliphatic carbocycles. The number of aliphatic hydroxyl groups excluding tert-OH is 5. The molecule has 10 atom stereocenters. The monoisotopic (exact) mass is 365 g/mol. The van der Waals surface area contributed by atoms with Crippen molar-refractivity contribution in [2.75, 3.05) is 6.61 Å². The standard InChI is InChI=1S/C15H27NO9/c1-5-9(16-7(3)18)14(11(20)8(4-17)23-5)25-15-13(22)12(21)10(19)6(2)24-15/h5-6,8-15,17,19-22H,4H2,1-3H3,(H,16,18)/t5-,6-,8+,9-,10+,11+,12+,13-,14+,15-/m0/s1. The van der Waals surface area contributed by atoms with Crippen LogP contribution in [0, 0.1) is 0 Å². The predicted octanol–water partition coefficient (Wildman–Crippen LogP) is -3.16. The van der Waals surface area contributed by atoms with Crippen LogP contribution in [0.5, 0.6) is 0 Å². The van der Waals surface area contributed by atoms with E-state index in [-0.39, 0.29) is 5.91 Å². The number of carbonyl (C=O) groups excluding carboxylic acids is 1. The fourth-order valence-electron chi connectivity index (χ4n) is 3.16. The van der Waals surface area contributed by atoms with Crippen molar-refractivity contribution >= 4 is 5.91 Å². The summed E-state index contributed by atoms with van der Waals surface area (Å²) in [7, 11) is 0. The lowest BCUT2D eigenvalue weighted by molar-refractivity contribution is -0.326. The third-order valence-electron chi connectivity index (χ3n) is 4.62. The van der Waals surface area contributed by atoms with Gasteiger partial charge < -0.3 is 45.1 Å². The highest BCUT2D eigenvalue weighted by Crippen LogP contribution is 2.28. The van der Waals surface area contributed by atoms with Crippen molar-refractivity contribution in [1.82, 2.24) is 5.32 Å². The highest BCUT2D eigenvalue weighted by Gasteiger charge is 2.49. The second kappa shape index (κ2) is 8.23. The van der Waals surface area contributed by atoms with E-state index in [0.29, 0.717) is 0 Å². The zero-order valence-electron chi connectivity index (χ0n) is 14.3. The minimum atomic E-state index is -1.55. The van der Waals surface area contributed by atoms with Gasteiger partial charge in [0.1, 0.15) is 36.6 Å². The molecule has 146 valence electrons. The molecule has 10 heteroatoms. The Morgan fingerprint density at radius 3 is 2.20 bits per heavy atom. The van der Waals surface area contributed by atoms with Gasteiger partial charge in [-0.05, 0) is 13.8 Å². The first kappa shape index (κ1) is 20.5. The fraction of sp³-hybridized carbons (Fsp3) is 0.933. The Kier molecular flexibility index (Phi) is 6.74. The maximum Gasteiger partial charge on any atom is 0.217 e. The highest BCUT2D eigenvalue weighted by atomic mass is 16.7. The van der Waals surface area contributed by atoms with Crippen LogP contribution in [0.4, 0.5) is 0 Å². The largest absolute Gasteiger partial charge is 0.394 e. The van der Waals surface area contributed by atoms with Gasteiger partial charge in [0.15, 0.2) is 6.29 Å². The van der Waals surface area contributed by atoms with E-state index in [2.05, 4.69) is 5.32 Å². The average Bonchev–Trinajstić information content (AvgIpc) is 2.56. The van der Waals surface area contributed by atoms with E-state index in [0.717, 1.165) is 0 Å². The Morgan fingerprint density at radius 2 is 1.64 bits per heavy atom. The molecule has 25 heavy (non-hydrogen) atoms. The zero-order chi connectivity index (χ0) is 18.9. The normalized spacial score (nSPS) is 48.2. The summed E-state index contributed by atoms with van der Waals surface area (Å²) in [5.41, 5.74) is 0. The Labute approximate surface area is 145 Å². The van der Waals surface area contributed by atoms with E-state index in [1.807, 2.05) is 0 Å². The number of rotatable bonds is 4. The van der Waals surface area contributed by atoms with Gasteiger partial charge in [-0.25, -0.2) is 0 Å². The Bertz CT molecular complexity index is 464. The number of hydrogen-bond donors (Lipinski definition) is 6. The summed E-state index contributed by atoms with van der Waals surface area (Å²) >= 11 is 0. The number of amides is 1. The van der Waals surface area contributed by atoms with Crippen molar-refractivity contribution in [2.24, 2.45) is 0 Å². The van der Waals surface area contributed by atoms with Crippen LogP contribution in [-0.2, 0) is 19.0 Å². The Morgan fingerprint density at radius 1 is 1.00 bits per heavy atom. The van der Waals surface area contributed by atoms with E-state index >= 15 is 0 Å². The molecule has 2 fully saturated rings. The molecule has 2 saturated heterocycles. The molecule has 6 N–H and O–H groups in total.